The molecule has 0 spiro atoms. The molecule has 0 amide bonds. The van der Waals surface area contributed by atoms with Crippen molar-refractivity contribution < 1.29 is 0 Å². The molecule has 6 heteroatoms. The fourth-order valence-corrected chi connectivity index (χ4v) is 6.03. The van der Waals surface area contributed by atoms with Gasteiger partial charge in [0, 0.05) is 41.7 Å². The highest BCUT2D eigenvalue weighted by molar-refractivity contribution is 5.76. The van der Waals surface area contributed by atoms with Gasteiger partial charge in [-0.2, -0.15) is 4.98 Å². The van der Waals surface area contributed by atoms with E-state index in [-0.39, 0.29) is 11.6 Å². The largest absolute Gasteiger partial charge is 0.351 e. The van der Waals surface area contributed by atoms with Crippen LogP contribution >= 0.6 is 0 Å². The molecule has 5 rings (SSSR count). The molecule has 36 heavy (non-hydrogen) atoms. The summed E-state index contributed by atoms with van der Waals surface area (Å²) in [5.41, 5.74) is 4.22. The second-order valence-electron chi connectivity index (χ2n) is 11.4. The predicted molar refractivity (Wildman–Crippen MR) is 148 cm³/mol. The third-order valence-electron chi connectivity index (χ3n) is 8.34. The Labute approximate surface area is 215 Å². The van der Waals surface area contributed by atoms with Gasteiger partial charge in [0.25, 0.3) is 5.56 Å². The fourth-order valence-electron chi connectivity index (χ4n) is 6.03. The van der Waals surface area contributed by atoms with Gasteiger partial charge in [0.15, 0.2) is 0 Å². The summed E-state index contributed by atoms with van der Waals surface area (Å²) in [4.78, 5) is 25.8. The molecule has 192 valence electrons. The van der Waals surface area contributed by atoms with E-state index >= 15 is 0 Å². The summed E-state index contributed by atoms with van der Waals surface area (Å²) < 4.78 is 2.00. The Morgan fingerprint density at radius 3 is 2.36 bits per heavy atom. The second-order valence-corrected chi connectivity index (χ2v) is 11.4. The average molecular weight is 488 g/mol. The summed E-state index contributed by atoms with van der Waals surface area (Å²) in [7, 11) is 4.34. The lowest BCUT2D eigenvalue weighted by Gasteiger charge is -2.33. The van der Waals surface area contributed by atoms with E-state index in [0.29, 0.717) is 30.4 Å². The van der Waals surface area contributed by atoms with Crippen molar-refractivity contribution in [1.82, 2.24) is 19.4 Å². The highest BCUT2D eigenvalue weighted by atomic mass is 16.1. The lowest BCUT2D eigenvalue weighted by Crippen LogP contribution is -2.36. The van der Waals surface area contributed by atoms with Crippen molar-refractivity contribution in [2.24, 2.45) is 0 Å². The summed E-state index contributed by atoms with van der Waals surface area (Å²) in [6.07, 6.45) is 11.6. The van der Waals surface area contributed by atoms with Gasteiger partial charge in [-0.05, 0) is 75.7 Å². The maximum atomic E-state index is 13.8. The monoisotopic (exact) mass is 487 g/mol. The van der Waals surface area contributed by atoms with Crippen molar-refractivity contribution in [3.8, 4) is 0 Å². The Bertz CT molecular complexity index is 1230. The molecular weight excluding hydrogens is 446 g/mol. The van der Waals surface area contributed by atoms with E-state index in [4.69, 9.17) is 4.98 Å². The molecule has 1 aromatic carbocycles. The van der Waals surface area contributed by atoms with Crippen LogP contribution in [0.15, 0.2) is 41.3 Å². The molecule has 2 aliphatic carbocycles. The average Bonchev–Trinajstić information content (AvgIpc) is 3.40. The molecular formula is C30H41N5O. The molecule has 3 aromatic rings. The van der Waals surface area contributed by atoms with Gasteiger partial charge in [0.1, 0.15) is 5.65 Å². The first-order valence-corrected chi connectivity index (χ1v) is 13.8. The fraction of sp³-hybridized carbons (Fsp3) is 0.567. The van der Waals surface area contributed by atoms with Gasteiger partial charge >= 0.3 is 0 Å². The van der Waals surface area contributed by atoms with Crippen molar-refractivity contribution in [1.29, 1.82) is 0 Å². The maximum absolute atomic E-state index is 13.8. The number of fused-ring (bicyclic) bond motifs is 1. The molecule has 2 heterocycles. The molecule has 2 fully saturated rings. The smallest absolute Gasteiger partial charge is 0.256 e. The van der Waals surface area contributed by atoms with Gasteiger partial charge < -0.3 is 10.2 Å². The SMILES string of the molecule is CC(C)c1ccc(Cc2cc3cnc(NC4CCC(N(C)C)CC4)nc3n(C3CCCC3)c2=O)cc1. The normalized spacial score (nSPS) is 21.1. The van der Waals surface area contributed by atoms with Crippen LogP contribution in [0.25, 0.3) is 11.0 Å². The maximum Gasteiger partial charge on any atom is 0.256 e. The molecule has 0 bridgehead atoms. The Kier molecular flexibility index (Phi) is 7.42. The van der Waals surface area contributed by atoms with Crippen LogP contribution in [-0.2, 0) is 6.42 Å². The minimum absolute atomic E-state index is 0.110. The van der Waals surface area contributed by atoms with Crippen LogP contribution in [0.4, 0.5) is 5.95 Å². The molecule has 1 N–H and O–H groups in total. The standard InChI is InChI=1S/C30H41N5O/c1-20(2)22-11-9-21(10-12-22)17-23-18-24-19-31-30(32-25-13-15-26(16-14-25)34(3)4)33-28(24)35(29(23)36)27-7-5-6-8-27/h9-12,18-20,25-27H,5-8,13-17H2,1-4H3,(H,31,32,33). The number of pyridine rings is 1. The van der Waals surface area contributed by atoms with E-state index in [2.05, 4.69) is 67.4 Å². The number of benzene rings is 1. The molecule has 2 aliphatic rings. The number of hydrogen-bond donors (Lipinski definition) is 1. The first-order valence-electron chi connectivity index (χ1n) is 13.8. The Hall–Kier alpha value is -2.73. The van der Waals surface area contributed by atoms with Crippen LogP contribution in [0, 0.1) is 0 Å². The van der Waals surface area contributed by atoms with Crippen molar-refractivity contribution in [3.05, 3.63) is 63.6 Å². The van der Waals surface area contributed by atoms with Gasteiger partial charge in [-0.3, -0.25) is 9.36 Å². The minimum Gasteiger partial charge on any atom is -0.351 e. The zero-order valence-electron chi connectivity index (χ0n) is 22.3. The number of anilines is 1. The van der Waals surface area contributed by atoms with E-state index in [1.807, 2.05) is 16.8 Å². The summed E-state index contributed by atoms with van der Waals surface area (Å²) >= 11 is 0. The molecule has 2 saturated carbocycles. The quantitative estimate of drug-likeness (QED) is 0.449. The van der Waals surface area contributed by atoms with Crippen molar-refractivity contribution in [2.75, 3.05) is 19.4 Å². The number of nitrogens with zero attached hydrogens (tertiary/aromatic N) is 4. The van der Waals surface area contributed by atoms with Crippen LogP contribution in [0.2, 0.25) is 0 Å². The number of hydrogen-bond acceptors (Lipinski definition) is 5. The van der Waals surface area contributed by atoms with Crippen LogP contribution in [-0.4, -0.2) is 45.6 Å². The van der Waals surface area contributed by atoms with Gasteiger partial charge in [0.05, 0.1) is 0 Å². The zero-order valence-corrected chi connectivity index (χ0v) is 22.3. The Balaban J connectivity index is 1.44. The summed E-state index contributed by atoms with van der Waals surface area (Å²) in [5, 5.41) is 4.54. The van der Waals surface area contributed by atoms with Crippen molar-refractivity contribution >= 4 is 17.0 Å². The van der Waals surface area contributed by atoms with Crippen molar-refractivity contribution in [2.45, 2.75) is 95.7 Å². The van der Waals surface area contributed by atoms with Crippen molar-refractivity contribution in [3.63, 3.8) is 0 Å². The summed E-state index contributed by atoms with van der Waals surface area (Å²) in [6, 6.07) is 12.0. The number of rotatable bonds is 7. The minimum atomic E-state index is 0.110. The van der Waals surface area contributed by atoms with Crippen LogP contribution in [0.3, 0.4) is 0 Å². The molecule has 0 atom stereocenters. The summed E-state index contributed by atoms with van der Waals surface area (Å²) in [5.74, 6) is 1.15. The van der Waals surface area contributed by atoms with E-state index in [1.165, 1.54) is 36.8 Å². The third-order valence-corrected chi connectivity index (χ3v) is 8.34. The first-order chi connectivity index (χ1) is 17.4. The highest BCUT2D eigenvalue weighted by Gasteiger charge is 2.25. The van der Waals surface area contributed by atoms with E-state index in [1.54, 1.807) is 0 Å². The van der Waals surface area contributed by atoms with Gasteiger partial charge in [0.2, 0.25) is 5.95 Å². The molecule has 2 aromatic heterocycles. The van der Waals surface area contributed by atoms with E-state index < -0.39 is 0 Å². The predicted octanol–water partition coefficient (Wildman–Crippen LogP) is 5.91. The van der Waals surface area contributed by atoms with Gasteiger partial charge in [-0.1, -0.05) is 51.0 Å². The topological polar surface area (TPSA) is 63.1 Å². The lowest BCUT2D eigenvalue weighted by molar-refractivity contribution is 0.221. The zero-order chi connectivity index (χ0) is 25.2. The first kappa shape index (κ1) is 24.9. The van der Waals surface area contributed by atoms with Gasteiger partial charge in [-0.25, -0.2) is 4.98 Å². The second kappa shape index (κ2) is 10.7. The van der Waals surface area contributed by atoms with Crippen LogP contribution in [0.1, 0.15) is 93.9 Å². The third kappa shape index (κ3) is 5.34. The molecule has 0 radical (unpaired) electrons. The molecule has 0 aliphatic heterocycles. The van der Waals surface area contributed by atoms with Crippen LogP contribution in [0.5, 0.6) is 0 Å². The number of nitrogens with one attached hydrogen (secondary N) is 1. The Morgan fingerprint density at radius 1 is 1.03 bits per heavy atom. The molecule has 6 nitrogen and oxygen atoms in total. The van der Waals surface area contributed by atoms with E-state index in [0.717, 1.165) is 42.3 Å². The molecule has 0 saturated heterocycles. The van der Waals surface area contributed by atoms with E-state index in [9.17, 15) is 4.79 Å². The number of aromatic nitrogens is 3. The summed E-state index contributed by atoms with van der Waals surface area (Å²) in [6.45, 7) is 4.41. The highest BCUT2D eigenvalue weighted by Crippen LogP contribution is 2.31. The van der Waals surface area contributed by atoms with Crippen LogP contribution < -0.4 is 10.9 Å². The lowest BCUT2D eigenvalue weighted by atomic mass is 9.91. The Morgan fingerprint density at radius 2 is 1.72 bits per heavy atom. The molecule has 0 unspecified atom stereocenters. The van der Waals surface area contributed by atoms with Gasteiger partial charge in [-0.15, -0.1) is 0 Å².